The van der Waals surface area contributed by atoms with Crippen molar-refractivity contribution in [3.63, 3.8) is 0 Å². The van der Waals surface area contributed by atoms with E-state index in [2.05, 4.69) is 25.7 Å². The van der Waals surface area contributed by atoms with Gasteiger partial charge in [-0.1, -0.05) is 25.1 Å². The van der Waals surface area contributed by atoms with Crippen molar-refractivity contribution < 1.29 is 28.6 Å². The van der Waals surface area contributed by atoms with Crippen molar-refractivity contribution in [3.05, 3.63) is 48.2 Å². The van der Waals surface area contributed by atoms with Crippen LogP contribution in [0.2, 0.25) is 0 Å². The number of carbonyl (C=O) groups excluding carboxylic acids is 3. The first kappa shape index (κ1) is 26.5. The molecule has 1 aliphatic rings. The molecule has 1 aromatic carbocycles. The maximum atomic E-state index is 12.9. The monoisotopic (exact) mass is 496 g/mol. The van der Waals surface area contributed by atoms with E-state index >= 15 is 0 Å². The number of aromatic nitrogens is 1. The van der Waals surface area contributed by atoms with Crippen LogP contribution in [0.25, 0.3) is 11.1 Å². The molecule has 3 rings (SSSR count). The van der Waals surface area contributed by atoms with Gasteiger partial charge < -0.3 is 24.8 Å². The number of methoxy groups -OCH3 is 2. The Labute approximate surface area is 210 Å². The number of nitrogens with zero attached hydrogens (tertiary/aromatic N) is 1. The summed E-state index contributed by atoms with van der Waals surface area (Å²) in [5.41, 5.74) is 2.19. The van der Waals surface area contributed by atoms with Gasteiger partial charge in [0.25, 0.3) is 0 Å². The first-order valence-electron chi connectivity index (χ1n) is 11.5. The highest BCUT2D eigenvalue weighted by molar-refractivity contribution is 5.99. The van der Waals surface area contributed by atoms with Crippen LogP contribution in [-0.4, -0.2) is 42.9 Å². The number of anilines is 2. The minimum absolute atomic E-state index is 0.235. The molecular formula is C26H32N4O6. The maximum absolute atomic E-state index is 12.9. The molecule has 0 aliphatic carbocycles. The average Bonchev–Trinajstić information content (AvgIpc) is 2.81. The number of pyridine rings is 1. The summed E-state index contributed by atoms with van der Waals surface area (Å²) in [5, 5.41) is 8.43. The number of amides is 3. The quantitative estimate of drug-likeness (QED) is 0.508. The lowest BCUT2D eigenvalue weighted by molar-refractivity contribution is -0.118. The van der Waals surface area contributed by atoms with E-state index in [9.17, 15) is 14.4 Å². The number of rotatable bonds is 3. The molecule has 2 bridgehead atoms. The molecule has 2 heterocycles. The second kappa shape index (κ2) is 11.1. The predicted molar refractivity (Wildman–Crippen MR) is 136 cm³/mol. The summed E-state index contributed by atoms with van der Waals surface area (Å²) in [5.74, 6) is -0.361. The van der Waals surface area contributed by atoms with E-state index in [0.29, 0.717) is 40.5 Å². The number of nitrogens with one attached hydrogen (secondary N) is 3. The van der Waals surface area contributed by atoms with Gasteiger partial charge >= 0.3 is 12.2 Å². The summed E-state index contributed by atoms with van der Waals surface area (Å²) >= 11 is 0. The second-order valence-corrected chi connectivity index (χ2v) is 9.34. The average molecular weight is 497 g/mol. The molecular weight excluding hydrogens is 464 g/mol. The molecule has 36 heavy (non-hydrogen) atoms. The van der Waals surface area contributed by atoms with E-state index in [1.807, 2.05) is 12.1 Å². The lowest BCUT2D eigenvalue weighted by atomic mass is 9.98. The molecule has 10 nitrogen and oxygen atoms in total. The summed E-state index contributed by atoms with van der Waals surface area (Å²) in [7, 11) is 2.77. The molecule has 2 aromatic rings. The van der Waals surface area contributed by atoms with Crippen LogP contribution in [0.15, 0.2) is 42.5 Å². The van der Waals surface area contributed by atoms with Gasteiger partial charge in [0.15, 0.2) is 0 Å². The highest BCUT2D eigenvalue weighted by Gasteiger charge is 2.24. The Kier molecular flexibility index (Phi) is 8.18. The molecule has 0 spiro atoms. The highest BCUT2D eigenvalue weighted by atomic mass is 16.6. The fourth-order valence-corrected chi connectivity index (χ4v) is 3.57. The fraction of sp³-hybridized carbons (Fsp3) is 0.385. The molecule has 3 amide bonds. The predicted octanol–water partition coefficient (Wildman–Crippen LogP) is 5.04. The van der Waals surface area contributed by atoms with Gasteiger partial charge in [0.05, 0.1) is 37.6 Å². The van der Waals surface area contributed by atoms with Crippen molar-refractivity contribution in [2.75, 3.05) is 24.9 Å². The summed E-state index contributed by atoms with van der Waals surface area (Å²) in [6, 6.07) is 8.12. The first-order chi connectivity index (χ1) is 17.0. The summed E-state index contributed by atoms with van der Waals surface area (Å²) < 4.78 is 15.6. The lowest BCUT2D eigenvalue weighted by Crippen LogP contribution is -2.35. The van der Waals surface area contributed by atoms with Crippen molar-refractivity contribution in [1.29, 1.82) is 0 Å². The van der Waals surface area contributed by atoms with E-state index in [4.69, 9.17) is 9.47 Å². The zero-order chi connectivity index (χ0) is 26.5. The van der Waals surface area contributed by atoms with Gasteiger partial charge in [-0.25, -0.2) is 14.6 Å². The van der Waals surface area contributed by atoms with E-state index < -0.39 is 29.7 Å². The molecule has 2 atom stereocenters. The number of hydrogen-bond acceptors (Lipinski definition) is 7. The SMILES string of the molecule is COC(=O)Nc1ccc2c(c1)NC(=O)[C@H](C)/C=C\C[C@H](NC(=O)OC(C)(C)C)c1cc-2cc(OC)n1. The highest BCUT2D eigenvalue weighted by Crippen LogP contribution is 2.35. The Balaban J connectivity index is 2.12. The molecule has 0 unspecified atom stereocenters. The number of benzene rings is 1. The van der Waals surface area contributed by atoms with Gasteiger partial charge in [-0.3, -0.25) is 10.1 Å². The Morgan fingerprint density at radius 3 is 2.53 bits per heavy atom. The van der Waals surface area contributed by atoms with Crippen LogP contribution in [0.3, 0.4) is 0 Å². The molecule has 0 radical (unpaired) electrons. The largest absolute Gasteiger partial charge is 0.481 e. The van der Waals surface area contributed by atoms with Crippen LogP contribution in [0.1, 0.15) is 45.9 Å². The Bertz CT molecular complexity index is 1170. The van der Waals surface area contributed by atoms with Crippen molar-refractivity contribution in [2.24, 2.45) is 5.92 Å². The van der Waals surface area contributed by atoms with E-state index in [0.717, 1.165) is 0 Å². The minimum atomic E-state index is -0.667. The second-order valence-electron chi connectivity index (χ2n) is 9.34. The van der Waals surface area contributed by atoms with Gasteiger partial charge in [0.2, 0.25) is 11.8 Å². The number of fused-ring (bicyclic) bond motifs is 4. The topological polar surface area (TPSA) is 128 Å². The first-order valence-corrected chi connectivity index (χ1v) is 11.5. The van der Waals surface area contributed by atoms with Gasteiger partial charge in [-0.2, -0.15) is 0 Å². The Hall–Kier alpha value is -4.08. The smallest absolute Gasteiger partial charge is 0.411 e. The molecule has 1 aromatic heterocycles. The third-order valence-electron chi connectivity index (χ3n) is 5.31. The van der Waals surface area contributed by atoms with E-state index in [-0.39, 0.29) is 5.91 Å². The third kappa shape index (κ3) is 6.97. The van der Waals surface area contributed by atoms with Gasteiger partial charge in [0, 0.05) is 17.3 Å². The van der Waals surface area contributed by atoms with Crippen LogP contribution >= 0.6 is 0 Å². The third-order valence-corrected chi connectivity index (χ3v) is 5.31. The Morgan fingerprint density at radius 2 is 1.86 bits per heavy atom. The number of carbonyl (C=O) groups is 3. The van der Waals surface area contributed by atoms with E-state index in [1.54, 1.807) is 58.0 Å². The normalized spacial score (nSPS) is 18.3. The molecule has 0 fully saturated rings. The lowest BCUT2D eigenvalue weighted by Gasteiger charge is -2.24. The van der Waals surface area contributed by atoms with Gasteiger partial charge in [-0.05, 0) is 51.0 Å². The van der Waals surface area contributed by atoms with Crippen molar-refractivity contribution >= 4 is 29.5 Å². The fourth-order valence-electron chi connectivity index (χ4n) is 3.57. The standard InChI is InChI=1S/C26H32N4O6/c1-15-8-7-9-19(30-25(33)36-26(2,3)4)21-12-16(13-22(28-21)34-5)18-11-10-17(27-24(32)35-6)14-20(18)29-23(15)31/h7-8,10-15,19H,9H2,1-6H3,(H,27,32)(H,29,31)(H,30,33)/b8-7-/t15-,19+/m1/s1. The van der Waals surface area contributed by atoms with E-state index in [1.165, 1.54) is 14.2 Å². The molecule has 0 saturated carbocycles. The molecule has 0 saturated heterocycles. The number of alkyl carbamates (subject to hydrolysis) is 1. The van der Waals surface area contributed by atoms with Crippen LogP contribution in [0.5, 0.6) is 5.88 Å². The molecule has 192 valence electrons. The molecule has 1 aliphatic heterocycles. The zero-order valence-electron chi connectivity index (χ0n) is 21.3. The van der Waals surface area contributed by atoms with Crippen molar-refractivity contribution in [1.82, 2.24) is 10.3 Å². The zero-order valence-corrected chi connectivity index (χ0v) is 21.3. The maximum Gasteiger partial charge on any atom is 0.411 e. The van der Waals surface area contributed by atoms with Crippen LogP contribution in [0.4, 0.5) is 21.0 Å². The van der Waals surface area contributed by atoms with Crippen LogP contribution < -0.4 is 20.7 Å². The molecule has 10 heteroatoms. The van der Waals surface area contributed by atoms with Crippen LogP contribution in [-0.2, 0) is 14.3 Å². The van der Waals surface area contributed by atoms with Gasteiger partial charge in [-0.15, -0.1) is 0 Å². The van der Waals surface area contributed by atoms with Crippen molar-refractivity contribution in [2.45, 2.75) is 45.8 Å². The molecule has 3 N–H and O–H groups in total. The van der Waals surface area contributed by atoms with Gasteiger partial charge in [0.1, 0.15) is 5.60 Å². The van der Waals surface area contributed by atoms with Crippen molar-refractivity contribution in [3.8, 4) is 17.0 Å². The number of hydrogen-bond donors (Lipinski definition) is 3. The summed E-state index contributed by atoms with van der Waals surface area (Å²) in [6.45, 7) is 7.13. The number of ether oxygens (including phenoxy) is 3. The Morgan fingerprint density at radius 1 is 1.11 bits per heavy atom. The van der Waals surface area contributed by atoms with Crippen LogP contribution in [0, 0.1) is 5.92 Å². The minimum Gasteiger partial charge on any atom is -0.481 e. The summed E-state index contributed by atoms with van der Waals surface area (Å²) in [4.78, 5) is 41.8. The summed E-state index contributed by atoms with van der Waals surface area (Å²) in [6.07, 6.45) is 2.76.